The molecule has 0 aromatic heterocycles. The summed E-state index contributed by atoms with van der Waals surface area (Å²) in [5, 5.41) is 2.87. The number of amides is 1. The molecule has 1 heterocycles. The molecule has 3 atom stereocenters. The molecule has 2 rings (SSSR count). The number of rotatable bonds is 3. The molecule has 0 aliphatic carbocycles. The second-order valence-electron chi connectivity index (χ2n) is 4.59. The molecule has 0 saturated carbocycles. The number of halogens is 1. The zero-order valence-corrected chi connectivity index (χ0v) is 10.2. The number of carbonyl (C=O) groups is 1. The molecule has 1 fully saturated rings. The predicted octanol–water partition coefficient (Wildman–Crippen LogP) is 0.977. The number of nitrogens with one attached hydrogen (secondary N) is 1. The number of nitrogens with two attached hydrogens (primary N) is 1. The summed E-state index contributed by atoms with van der Waals surface area (Å²) < 4.78 is 17.9. The lowest BCUT2D eigenvalue weighted by atomic mass is 10.0. The van der Waals surface area contributed by atoms with E-state index in [1.54, 1.807) is 12.1 Å². The average molecular weight is 252 g/mol. The monoisotopic (exact) mass is 252 g/mol. The Kier molecular flexibility index (Phi) is 3.93. The van der Waals surface area contributed by atoms with Gasteiger partial charge in [0, 0.05) is 6.04 Å². The summed E-state index contributed by atoms with van der Waals surface area (Å²) >= 11 is 0. The highest BCUT2D eigenvalue weighted by atomic mass is 19.1. The average Bonchev–Trinajstić information content (AvgIpc) is 2.76. The normalized spacial score (nSPS) is 24.8. The molecule has 1 saturated heterocycles. The zero-order chi connectivity index (χ0) is 13.1. The molecule has 98 valence electrons. The second kappa shape index (κ2) is 5.46. The first-order chi connectivity index (χ1) is 8.58. The van der Waals surface area contributed by atoms with Crippen LogP contribution < -0.4 is 11.1 Å². The standard InChI is InChI=1S/C13H17FN2O2/c1-8(9-2-4-10(14)5-3-9)16-13(17)11-6-18-7-12(11)15/h2-5,8,11-12H,6-7,15H2,1H3,(H,16,17)/t8-,11?,12?/m1/s1. The third-order valence-electron chi connectivity index (χ3n) is 3.19. The van der Waals surface area contributed by atoms with Crippen molar-refractivity contribution in [3.63, 3.8) is 0 Å². The molecular weight excluding hydrogens is 235 g/mol. The molecule has 2 unspecified atom stereocenters. The van der Waals surface area contributed by atoms with Crippen molar-refractivity contribution in [1.82, 2.24) is 5.32 Å². The Balaban J connectivity index is 1.96. The van der Waals surface area contributed by atoms with Crippen LogP contribution in [0.5, 0.6) is 0 Å². The van der Waals surface area contributed by atoms with Crippen molar-refractivity contribution in [2.75, 3.05) is 13.2 Å². The van der Waals surface area contributed by atoms with E-state index in [-0.39, 0.29) is 29.7 Å². The summed E-state index contributed by atoms with van der Waals surface area (Å²) in [7, 11) is 0. The van der Waals surface area contributed by atoms with Gasteiger partial charge in [0.2, 0.25) is 5.91 Å². The van der Waals surface area contributed by atoms with Crippen molar-refractivity contribution in [2.24, 2.45) is 11.7 Å². The van der Waals surface area contributed by atoms with Gasteiger partial charge in [0.15, 0.2) is 0 Å². The predicted molar refractivity (Wildman–Crippen MR) is 65.2 cm³/mol. The zero-order valence-electron chi connectivity index (χ0n) is 10.2. The van der Waals surface area contributed by atoms with Crippen LogP contribution >= 0.6 is 0 Å². The van der Waals surface area contributed by atoms with E-state index in [1.165, 1.54) is 12.1 Å². The van der Waals surface area contributed by atoms with Crippen molar-refractivity contribution in [3.05, 3.63) is 35.6 Å². The summed E-state index contributed by atoms with van der Waals surface area (Å²) in [5.74, 6) is -0.701. The fraction of sp³-hybridized carbons (Fsp3) is 0.462. The second-order valence-corrected chi connectivity index (χ2v) is 4.59. The number of benzene rings is 1. The van der Waals surface area contributed by atoms with E-state index in [0.29, 0.717) is 13.2 Å². The Bertz CT molecular complexity index is 422. The summed E-state index contributed by atoms with van der Waals surface area (Å²) in [6.45, 7) is 2.64. The first kappa shape index (κ1) is 13.0. The van der Waals surface area contributed by atoms with E-state index in [1.807, 2.05) is 6.92 Å². The highest BCUT2D eigenvalue weighted by molar-refractivity contribution is 5.80. The number of hydrogen-bond acceptors (Lipinski definition) is 3. The lowest BCUT2D eigenvalue weighted by molar-refractivity contribution is -0.125. The minimum atomic E-state index is -0.298. The third kappa shape index (κ3) is 2.86. The van der Waals surface area contributed by atoms with Gasteiger partial charge in [-0.15, -0.1) is 0 Å². The largest absolute Gasteiger partial charge is 0.379 e. The van der Waals surface area contributed by atoms with Crippen molar-refractivity contribution in [3.8, 4) is 0 Å². The van der Waals surface area contributed by atoms with Gasteiger partial charge in [-0.1, -0.05) is 12.1 Å². The van der Waals surface area contributed by atoms with Crippen molar-refractivity contribution >= 4 is 5.91 Å². The fourth-order valence-corrected chi connectivity index (χ4v) is 2.00. The summed E-state index contributed by atoms with van der Waals surface area (Å²) in [4.78, 5) is 12.0. The molecule has 3 N–H and O–H groups in total. The molecule has 0 radical (unpaired) electrons. The van der Waals surface area contributed by atoms with Crippen LogP contribution in [0.25, 0.3) is 0 Å². The topological polar surface area (TPSA) is 64.3 Å². The minimum Gasteiger partial charge on any atom is -0.379 e. The van der Waals surface area contributed by atoms with Gasteiger partial charge in [-0.05, 0) is 24.6 Å². The molecule has 4 nitrogen and oxygen atoms in total. The Labute approximate surface area is 105 Å². The fourth-order valence-electron chi connectivity index (χ4n) is 2.00. The van der Waals surface area contributed by atoms with Crippen LogP contribution in [0.3, 0.4) is 0 Å². The number of carbonyl (C=O) groups excluding carboxylic acids is 1. The maximum Gasteiger partial charge on any atom is 0.227 e. The molecule has 0 spiro atoms. The number of hydrogen-bond donors (Lipinski definition) is 2. The molecule has 1 aliphatic rings. The van der Waals surface area contributed by atoms with Crippen molar-refractivity contribution in [2.45, 2.75) is 19.0 Å². The summed E-state index contributed by atoms with van der Waals surface area (Å²) in [5.41, 5.74) is 6.64. The van der Waals surface area contributed by atoms with Crippen molar-refractivity contribution in [1.29, 1.82) is 0 Å². The SMILES string of the molecule is C[C@@H](NC(=O)C1COCC1N)c1ccc(F)cc1. The van der Waals surface area contributed by atoms with Gasteiger partial charge >= 0.3 is 0 Å². The van der Waals surface area contributed by atoms with Crippen LogP contribution in [0.4, 0.5) is 4.39 Å². The smallest absolute Gasteiger partial charge is 0.227 e. The van der Waals surface area contributed by atoms with Crippen LogP contribution in [0.1, 0.15) is 18.5 Å². The van der Waals surface area contributed by atoms with Gasteiger partial charge in [0.1, 0.15) is 5.82 Å². The highest BCUT2D eigenvalue weighted by Crippen LogP contribution is 2.16. The lowest BCUT2D eigenvalue weighted by Crippen LogP contribution is -2.41. The van der Waals surface area contributed by atoms with Crippen molar-refractivity contribution < 1.29 is 13.9 Å². The first-order valence-electron chi connectivity index (χ1n) is 5.97. The molecule has 1 aromatic carbocycles. The van der Waals surface area contributed by atoms with Crippen LogP contribution in [0.15, 0.2) is 24.3 Å². The van der Waals surface area contributed by atoms with Crippen LogP contribution in [-0.2, 0) is 9.53 Å². The van der Waals surface area contributed by atoms with E-state index < -0.39 is 0 Å². The van der Waals surface area contributed by atoms with Gasteiger partial charge in [-0.2, -0.15) is 0 Å². The first-order valence-corrected chi connectivity index (χ1v) is 5.97. The van der Waals surface area contributed by atoms with Gasteiger partial charge in [-0.25, -0.2) is 4.39 Å². The van der Waals surface area contributed by atoms with E-state index >= 15 is 0 Å². The highest BCUT2D eigenvalue weighted by Gasteiger charge is 2.31. The molecule has 0 bridgehead atoms. The quantitative estimate of drug-likeness (QED) is 0.842. The van der Waals surface area contributed by atoms with Gasteiger partial charge in [-0.3, -0.25) is 4.79 Å². The molecule has 18 heavy (non-hydrogen) atoms. The van der Waals surface area contributed by atoms with E-state index in [9.17, 15) is 9.18 Å². The van der Waals surface area contributed by atoms with E-state index in [0.717, 1.165) is 5.56 Å². The Morgan fingerprint density at radius 1 is 1.44 bits per heavy atom. The lowest BCUT2D eigenvalue weighted by Gasteiger charge is -2.18. The van der Waals surface area contributed by atoms with E-state index in [4.69, 9.17) is 10.5 Å². The molecule has 1 aromatic rings. The van der Waals surface area contributed by atoms with Crippen LogP contribution in [0.2, 0.25) is 0 Å². The molecule has 1 aliphatic heterocycles. The molecule has 5 heteroatoms. The number of ether oxygens (including phenoxy) is 1. The Hall–Kier alpha value is -1.46. The van der Waals surface area contributed by atoms with Gasteiger partial charge in [0.05, 0.1) is 25.2 Å². The van der Waals surface area contributed by atoms with E-state index in [2.05, 4.69) is 5.32 Å². The summed E-state index contributed by atoms with van der Waals surface area (Å²) in [6.07, 6.45) is 0. The Morgan fingerprint density at radius 3 is 2.67 bits per heavy atom. The van der Waals surface area contributed by atoms with Gasteiger partial charge in [0.25, 0.3) is 0 Å². The third-order valence-corrected chi connectivity index (χ3v) is 3.19. The molecular formula is C13H17FN2O2. The summed E-state index contributed by atoms with van der Waals surface area (Å²) in [6, 6.07) is 5.65. The minimum absolute atomic E-state index is 0.114. The van der Waals surface area contributed by atoms with Gasteiger partial charge < -0.3 is 15.8 Å². The van der Waals surface area contributed by atoms with Crippen LogP contribution in [0, 0.1) is 11.7 Å². The van der Waals surface area contributed by atoms with Crippen LogP contribution in [-0.4, -0.2) is 25.2 Å². The molecule has 1 amide bonds. The Morgan fingerprint density at radius 2 is 2.11 bits per heavy atom. The maximum atomic E-state index is 12.8. The maximum absolute atomic E-state index is 12.8.